The average molecular weight is 454 g/mol. The summed E-state index contributed by atoms with van der Waals surface area (Å²) < 4.78 is 9.63. The zero-order valence-electron chi connectivity index (χ0n) is 15.3. The van der Waals surface area contributed by atoms with Gasteiger partial charge in [-0.05, 0) is 23.8 Å². The number of rotatable bonds is 7. The van der Waals surface area contributed by atoms with E-state index in [1.54, 1.807) is 42.5 Å². The van der Waals surface area contributed by atoms with Crippen LogP contribution in [-0.2, 0) is 25.5 Å². The summed E-state index contributed by atoms with van der Waals surface area (Å²) in [6.07, 6.45) is -3.19. The molecule has 158 valence electrons. The highest BCUT2D eigenvalue weighted by atomic mass is 35.5. The summed E-state index contributed by atoms with van der Waals surface area (Å²) in [5, 5.41) is 32.7. The number of cyclic esters (lactones) is 1. The van der Waals surface area contributed by atoms with E-state index >= 15 is 0 Å². The minimum absolute atomic E-state index is 0.143. The van der Waals surface area contributed by atoms with Crippen molar-refractivity contribution in [3.05, 3.63) is 69.6 Å². The fourth-order valence-corrected chi connectivity index (χ4v) is 3.24. The van der Waals surface area contributed by atoms with E-state index < -0.39 is 42.3 Å². The first-order valence-electron chi connectivity index (χ1n) is 8.73. The van der Waals surface area contributed by atoms with E-state index in [-0.39, 0.29) is 6.42 Å². The molecule has 1 aliphatic heterocycles. The van der Waals surface area contributed by atoms with Gasteiger partial charge in [0, 0.05) is 5.69 Å². The normalized spacial score (nSPS) is 16.9. The summed E-state index contributed by atoms with van der Waals surface area (Å²) in [4.78, 5) is 23.4. The van der Waals surface area contributed by atoms with E-state index in [0.717, 1.165) is 0 Å². The summed E-state index contributed by atoms with van der Waals surface area (Å²) >= 11 is 12.3. The van der Waals surface area contributed by atoms with E-state index in [1.807, 2.05) is 0 Å². The number of esters is 2. The van der Waals surface area contributed by atoms with Crippen molar-refractivity contribution in [2.45, 2.75) is 18.6 Å². The molecule has 0 aliphatic carbocycles. The van der Waals surface area contributed by atoms with Crippen LogP contribution in [0.3, 0.4) is 0 Å². The minimum atomic E-state index is -1.54. The monoisotopic (exact) mass is 453 g/mol. The van der Waals surface area contributed by atoms with Crippen molar-refractivity contribution in [1.29, 1.82) is 0 Å². The predicted octanol–water partition coefficient (Wildman–Crippen LogP) is 3.44. The molecule has 0 saturated heterocycles. The molecular weight excluding hydrogens is 437 g/mol. The summed E-state index contributed by atoms with van der Waals surface area (Å²) in [5.74, 6) is -3.63. The van der Waals surface area contributed by atoms with Gasteiger partial charge in [0.1, 0.15) is 12.7 Å². The Labute approximate surface area is 181 Å². The first-order chi connectivity index (χ1) is 14.3. The van der Waals surface area contributed by atoms with Crippen LogP contribution in [-0.4, -0.2) is 46.1 Å². The number of benzene rings is 2. The third-order valence-corrected chi connectivity index (χ3v) is 4.91. The van der Waals surface area contributed by atoms with Crippen LogP contribution in [0.1, 0.15) is 5.56 Å². The van der Waals surface area contributed by atoms with Crippen LogP contribution in [0.25, 0.3) is 0 Å². The second-order valence-corrected chi connectivity index (χ2v) is 7.18. The Balaban J connectivity index is 1.63. The lowest BCUT2D eigenvalue weighted by Gasteiger charge is -2.18. The highest BCUT2D eigenvalue weighted by molar-refractivity contribution is 6.39. The van der Waals surface area contributed by atoms with Crippen LogP contribution in [0, 0.1) is 0 Å². The maximum absolute atomic E-state index is 12.2. The summed E-state index contributed by atoms with van der Waals surface area (Å²) in [6.45, 7) is -0.555. The standard InChI is InChI=1S/C20H17Cl2NO7/c21-11-5-3-6-12(22)16(11)23-13-7-2-1-4-10(13)8-15(25)29-9-14(24)19-17(26)18(27)20(28)30-19/h1-7,14,19,23-24,26-27H,8-9H2/t14-,19-/m1/s1. The topological polar surface area (TPSA) is 125 Å². The van der Waals surface area contributed by atoms with Gasteiger partial charge in [0.25, 0.3) is 0 Å². The molecule has 0 amide bonds. The molecule has 2 aromatic carbocycles. The number of ether oxygens (including phenoxy) is 2. The SMILES string of the molecule is O=C(Cc1ccccc1Nc1c(Cl)cccc1Cl)OC[C@@H](O)[C@H]1OC(=O)C(O)=C1O. The smallest absolute Gasteiger partial charge is 0.377 e. The molecular formula is C20H17Cl2NO7. The third-order valence-electron chi connectivity index (χ3n) is 4.28. The van der Waals surface area contributed by atoms with Crippen molar-refractivity contribution >= 4 is 46.5 Å². The molecule has 0 aromatic heterocycles. The number of aliphatic hydroxyl groups excluding tert-OH is 3. The Hall–Kier alpha value is -2.94. The zero-order valence-corrected chi connectivity index (χ0v) is 16.9. The van der Waals surface area contributed by atoms with Gasteiger partial charge in [-0.15, -0.1) is 0 Å². The predicted molar refractivity (Wildman–Crippen MR) is 109 cm³/mol. The largest absolute Gasteiger partial charge is 0.505 e. The van der Waals surface area contributed by atoms with Crippen LogP contribution in [0.5, 0.6) is 0 Å². The quantitative estimate of drug-likeness (QED) is 0.469. The Kier molecular flexibility index (Phi) is 6.71. The van der Waals surface area contributed by atoms with Crippen molar-refractivity contribution in [1.82, 2.24) is 0 Å². The lowest BCUT2D eigenvalue weighted by Crippen LogP contribution is -2.33. The fourth-order valence-electron chi connectivity index (χ4n) is 2.75. The maximum Gasteiger partial charge on any atom is 0.377 e. The second-order valence-electron chi connectivity index (χ2n) is 6.37. The lowest BCUT2D eigenvalue weighted by molar-refractivity contribution is -0.154. The number of carbonyl (C=O) groups excluding carboxylic acids is 2. The van der Waals surface area contributed by atoms with Crippen molar-refractivity contribution in [2.75, 3.05) is 11.9 Å². The number of aliphatic hydroxyl groups is 3. The van der Waals surface area contributed by atoms with E-state index in [9.17, 15) is 24.9 Å². The highest BCUT2D eigenvalue weighted by Crippen LogP contribution is 2.33. The van der Waals surface area contributed by atoms with Crippen molar-refractivity contribution in [3.8, 4) is 0 Å². The van der Waals surface area contributed by atoms with E-state index in [1.165, 1.54) is 0 Å². The Morgan fingerprint density at radius 2 is 1.80 bits per heavy atom. The number of nitrogens with one attached hydrogen (secondary N) is 1. The molecule has 0 fully saturated rings. The first kappa shape index (κ1) is 21.8. The lowest BCUT2D eigenvalue weighted by atomic mass is 10.1. The Bertz CT molecular complexity index is 988. The molecule has 8 nitrogen and oxygen atoms in total. The fraction of sp³-hybridized carbons (Fsp3) is 0.200. The van der Waals surface area contributed by atoms with Crippen LogP contribution in [0.15, 0.2) is 54.0 Å². The molecule has 0 spiro atoms. The van der Waals surface area contributed by atoms with Crippen molar-refractivity contribution in [2.24, 2.45) is 0 Å². The van der Waals surface area contributed by atoms with Crippen LogP contribution < -0.4 is 5.32 Å². The molecule has 0 unspecified atom stereocenters. The average Bonchev–Trinajstić information content (AvgIpc) is 2.97. The molecule has 3 rings (SSSR count). The number of anilines is 2. The molecule has 0 radical (unpaired) electrons. The van der Waals surface area contributed by atoms with Gasteiger partial charge in [-0.3, -0.25) is 4.79 Å². The van der Waals surface area contributed by atoms with Gasteiger partial charge in [-0.25, -0.2) is 4.79 Å². The molecule has 4 N–H and O–H groups in total. The van der Waals surface area contributed by atoms with Gasteiger partial charge in [-0.1, -0.05) is 47.5 Å². The van der Waals surface area contributed by atoms with E-state index in [2.05, 4.69) is 10.1 Å². The molecule has 1 aliphatic rings. The van der Waals surface area contributed by atoms with Gasteiger partial charge >= 0.3 is 11.9 Å². The van der Waals surface area contributed by atoms with E-state index in [4.69, 9.17) is 27.9 Å². The van der Waals surface area contributed by atoms with Crippen LogP contribution >= 0.6 is 23.2 Å². The van der Waals surface area contributed by atoms with Crippen LogP contribution in [0.2, 0.25) is 10.0 Å². The summed E-state index contributed by atoms with van der Waals surface area (Å²) in [6, 6.07) is 12.0. The number of halogens is 2. The van der Waals surface area contributed by atoms with Crippen LogP contribution in [0.4, 0.5) is 11.4 Å². The first-order valence-corrected chi connectivity index (χ1v) is 9.49. The third kappa shape index (κ3) is 4.79. The second kappa shape index (κ2) is 9.25. The molecule has 1 heterocycles. The highest BCUT2D eigenvalue weighted by Gasteiger charge is 2.39. The molecule has 10 heteroatoms. The van der Waals surface area contributed by atoms with Gasteiger partial charge in [0.15, 0.2) is 11.9 Å². The van der Waals surface area contributed by atoms with Crippen molar-refractivity contribution in [3.63, 3.8) is 0 Å². The number of carbonyl (C=O) groups is 2. The number of hydrogen-bond acceptors (Lipinski definition) is 8. The summed E-state index contributed by atoms with van der Waals surface area (Å²) in [7, 11) is 0. The molecule has 2 atom stereocenters. The minimum Gasteiger partial charge on any atom is -0.505 e. The molecule has 30 heavy (non-hydrogen) atoms. The Morgan fingerprint density at radius 1 is 1.13 bits per heavy atom. The zero-order chi connectivity index (χ0) is 21.8. The van der Waals surface area contributed by atoms with Gasteiger partial charge in [0.05, 0.1) is 22.2 Å². The Morgan fingerprint density at radius 3 is 2.43 bits per heavy atom. The van der Waals surface area contributed by atoms with E-state index in [0.29, 0.717) is 27.0 Å². The summed E-state index contributed by atoms with van der Waals surface area (Å²) in [5.41, 5.74) is 1.66. The molecule has 0 bridgehead atoms. The number of para-hydroxylation sites is 2. The van der Waals surface area contributed by atoms with Gasteiger partial charge in [0.2, 0.25) is 5.76 Å². The molecule has 0 saturated carbocycles. The van der Waals surface area contributed by atoms with Crippen molar-refractivity contribution < 1.29 is 34.4 Å². The molecule has 2 aromatic rings. The van der Waals surface area contributed by atoms with Gasteiger partial charge in [-0.2, -0.15) is 0 Å². The maximum atomic E-state index is 12.2. The number of hydrogen-bond donors (Lipinski definition) is 4. The van der Waals surface area contributed by atoms with Gasteiger partial charge < -0.3 is 30.1 Å².